The van der Waals surface area contributed by atoms with Crippen LogP contribution in [0.4, 0.5) is 0 Å². The van der Waals surface area contributed by atoms with E-state index in [2.05, 4.69) is 5.32 Å². The van der Waals surface area contributed by atoms with Gasteiger partial charge in [-0.1, -0.05) is 0 Å². The number of nitrogens with one attached hydrogen (secondary N) is 1. The zero-order chi connectivity index (χ0) is 19.4. The quantitative estimate of drug-likeness (QED) is 0.784. The third-order valence-corrected chi connectivity index (χ3v) is 4.37. The van der Waals surface area contributed by atoms with Gasteiger partial charge in [0.2, 0.25) is 0 Å². The molecule has 0 aliphatic carbocycles. The normalized spacial score (nSPS) is 14.7. The van der Waals surface area contributed by atoms with E-state index < -0.39 is 0 Å². The predicted octanol–water partition coefficient (Wildman–Crippen LogP) is 2.22. The molecular weight excluding hydrogens is 350 g/mol. The third-order valence-electron chi connectivity index (χ3n) is 4.37. The van der Waals surface area contributed by atoms with E-state index in [0.29, 0.717) is 41.3 Å². The number of hydrogen-bond donors (Lipinski definition) is 1. The van der Waals surface area contributed by atoms with Crippen LogP contribution in [0, 0.1) is 0 Å². The molecule has 1 aliphatic rings. The molecule has 142 valence electrons. The van der Waals surface area contributed by atoms with Crippen molar-refractivity contribution in [2.24, 2.45) is 0 Å². The lowest BCUT2D eigenvalue weighted by Gasteiger charge is -2.14. The summed E-state index contributed by atoms with van der Waals surface area (Å²) in [4.78, 5) is 24.1. The molecule has 7 nitrogen and oxygen atoms in total. The van der Waals surface area contributed by atoms with Crippen molar-refractivity contribution in [3.63, 3.8) is 0 Å². The van der Waals surface area contributed by atoms with Crippen molar-refractivity contribution in [3.05, 3.63) is 53.1 Å². The number of fused-ring (bicyclic) bond motifs is 1. The Kier molecular flexibility index (Phi) is 5.49. The highest BCUT2D eigenvalue weighted by Crippen LogP contribution is 2.30. The number of amides is 1. The second-order valence-corrected chi connectivity index (χ2v) is 6.03. The number of benzene rings is 2. The van der Waals surface area contributed by atoms with Crippen molar-refractivity contribution < 1.29 is 28.5 Å². The lowest BCUT2D eigenvalue weighted by Crippen LogP contribution is -2.34. The van der Waals surface area contributed by atoms with Gasteiger partial charge in [-0.25, -0.2) is 4.79 Å². The average Bonchev–Trinajstić information content (AvgIpc) is 3.12. The van der Waals surface area contributed by atoms with Crippen LogP contribution in [0.25, 0.3) is 0 Å². The molecule has 0 saturated heterocycles. The second-order valence-electron chi connectivity index (χ2n) is 6.03. The molecule has 1 unspecified atom stereocenters. The minimum atomic E-state index is -0.388. The Labute approximate surface area is 157 Å². The van der Waals surface area contributed by atoms with Gasteiger partial charge in [-0.2, -0.15) is 0 Å². The summed E-state index contributed by atoms with van der Waals surface area (Å²) < 4.78 is 21.0. The van der Waals surface area contributed by atoms with E-state index >= 15 is 0 Å². The fourth-order valence-corrected chi connectivity index (χ4v) is 2.97. The van der Waals surface area contributed by atoms with Gasteiger partial charge in [0.1, 0.15) is 23.4 Å². The predicted molar refractivity (Wildman–Crippen MR) is 97.8 cm³/mol. The van der Waals surface area contributed by atoms with E-state index in [4.69, 9.17) is 18.9 Å². The first-order valence-corrected chi connectivity index (χ1v) is 8.43. The standard InChI is InChI=1S/C20H21NO6/c1-24-14-5-6-16(18(10-14)25-2)19(22)21-11-15-9-13-8-12(20(23)26-3)4-7-17(13)27-15/h4-8,10,15H,9,11H2,1-3H3,(H,21,22). The molecule has 0 fully saturated rings. The fourth-order valence-electron chi connectivity index (χ4n) is 2.97. The lowest BCUT2D eigenvalue weighted by atomic mass is 10.1. The Bertz CT molecular complexity index is 864. The van der Waals surface area contributed by atoms with Crippen LogP contribution in [0.1, 0.15) is 26.3 Å². The van der Waals surface area contributed by atoms with Crippen molar-refractivity contribution in [1.29, 1.82) is 0 Å². The summed E-state index contributed by atoms with van der Waals surface area (Å²) in [6, 6.07) is 10.2. The lowest BCUT2D eigenvalue weighted by molar-refractivity contribution is 0.0600. The molecule has 1 amide bonds. The maximum Gasteiger partial charge on any atom is 0.337 e. The molecule has 1 N–H and O–H groups in total. The zero-order valence-electron chi connectivity index (χ0n) is 15.4. The maximum absolute atomic E-state index is 12.5. The van der Waals surface area contributed by atoms with Crippen molar-refractivity contribution in [2.75, 3.05) is 27.9 Å². The molecule has 27 heavy (non-hydrogen) atoms. The van der Waals surface area contributed by atoms with Gasteiger partial charge in [-0.15, -0.1) is 0 Å². The smallest absolute Gasteiger partial charge is 0.337 e. The average molecular weight is 371 g/mol. The van der Waals surface area contributed by atoms with Gasteiger partial charge < -0.3 is 24.3 Å². The molecular formula is C20H21NO6. The molecule has 0 aromatic heterocycles. The number of esters is 1. The molecule has 0 spiro atoms. The van der Waals surface area contributed by atoms with Crippen LogP contribution in [0.15, 0.2) is 36.4 Å². The van der Waals surface area contributed by atoms with E-state index in [9.17, 15) is 9.59 Å². The highest BCUT2D eigenvalue weighted by atomic mass is 16.5. The van der Waals surface area contributed by atoms with Gasteiger partial charge in [0, 0.05) is 12.5 Å². The number of carbonyl (C=O) groups excluding carboxylic acids is 2. The van der Waals surface area contributed by atoms with Crippen molar-refractivity contribution in [2.45, 2.75) is 12.5 Å². The summed E-state index contributed by atoms with van der Waals surface area (Å²) in [5.74, 6) is 1.11. The van der Waals surface area contributed by atoms with Gasteiger partial charge in [0.25, 0.3) is 5.91 Å². The molecule has 1 heterocycles. The number of methoxy groups -OCH3 is 3. The summed E-state index contributed by atoms with van der Waals surface area (Å²) in [6.07, 6.45) is 0.390. The minimum Gasteiger partial charge on any atom is -0.497 e. The molecule has 0 saturated carbocycles. The molecule has 2 aromatic carbocycles. The van der Waals surface area contributed by atoms with Gasteiger partial charge in [0.15, 0.2) is 0 Å². The van der Waals surface area contributed by atoms with Crippen LogP contribution >= 0.6 is 0 Å². The van der Waals surface area contributed by atoms with Gasteiger partial charge in [0.05, 0.1) is 39.0 Å². The Morgan fingerprint density at radius 3 is 2.63 bits per heavy atom. The maximum atomic E-state index is 12.5. The van der Waals surface area contributed by atoms with Crippen LogP contribution < -0.4 is 19.5 Å². The van der Waals surface area contributed by atoms with Crippen LogP contribution in [0.5, 0.6) is 17.2 Å². The van der Waals surface area contributed by atoms with Crippen LogP contribution in [0.3, 0.4) is 0 Å². The van der Waals surface area contributed by atoms with Gasteiger partial charge in [-0.05, 0) is 35.9 Å². The minimum absolute atomic E-state index is 0.207. The SMILES string of the molecule is COC(=O)c1ccc2c(c1)CC(CNC(=O)c1ccc(OC)cc1OC)O2. The number of carbonyl (C=O) groups is 2. The van der Waals surface area contributed by atoms with E-state index in [0.717, 1.165) is 5.56 Å². The first-order chi connectivity index (χ1) is 13.0. The Morgan fingerprint density at radius 2 is 1.93 bits per heavy atom. The first kappa shape index (κ1) is 18.6. The van der Waals surface area contributed by atoms with E-state index in [1.165, 1.54) is 14.2 Å². The van der Waals surface area contributed by atoms with Crippen molar-refractivity contribution >= 4 is 11.9 Å². The Balaban J connectivity index is 1.62. The van der Waals surface area contributed by atoms with Crippen molar-refractivity contribution in [3.8, 4) is 17.2 Å². The Morgan fingerprint density at radius 1 is 1.11 bits per heavy atom. The summed E-state index contributed by atoms with van der Waals surface area (Å²) in [7, 11) is 4.40. The monoisotopic (exact) mass is 371 g/mol. The molecule has 1 aliphatic heterocycles. The van der Waals surface area contributed by atoms with Gasteiger partial charge in [-0.3, -0.25) is 4.79 Å². The summed E-state index contributed by atoms with van der Waals surface area (Å²) >= 11 is 0. The summed E-state index contributed by atoms with van der Waals surface area (Å²) in [6.45, 7) is 0.330. The molecule has 7 heteroatoms. The largest absolute Gasteiger partial charge is 0.497 e. The van der Waals surface area contributed by atoms with Crippen LogP contribution in [0.2, 0.25) is 0 Å². The third kappa shape index (κ3) is 3.97. The first-order valence-electron chi connectivity index (χ1n) is 8.43. The number of ether oxygens (including phenoxy) is 4. The summed E-state index contributed by atoms with van der Waals surface area (Å²) in [5.41, 5.74) is 1.81. The molecule has 0 radical (unpaired) electrons. The van der Waals surface area contributed by atoms with Crippen molar-refractivity contribution in [1.82, 2.24) is 5.32 Å². The van der Waals surface area contributed by atoms with Crippen LogP contribution in [-0.2, 0) is 11.2 Å². The Hall–Kier alpha value is -3.22. The molecule has 0 bridgehead atoms. The highest BCUT2D eigenvalue weighted by molar-refractivity contribution is 5.97. The number of hydrogen-bond acceptors (Lipinski definition) is 6. The molecule has 3 rings (SSSR count). The molecule has 2 aromatic rings. The second kappa shape index (κ2) is 7.99. The van der Waals surface area contributed by atoms with E-state index in [1.807, 2.05) is 0 Å². The zero-order valence-corrected chi connectivity index (χ0v) is 15.4. The fraction of sp³-hybridized carbons (Fsp3) is 0.300. The highest BCUT2D eigenvalue weighted by Gasteiger charge is 2.25. The topological polar surface area (TPSA) is 83.1 Å². The van der Waals surface area contributed by atoms with Crippen LogP contribution in [-0.4, -0.2) is 45.9 Å². The van der Waals surface area contributed by atoms with E-state index in [-0.39, 0.29) is 18.0 Å². The van der Waals surface area contributed by atoms with Gasteiger partial charge >= 0.3 is 5.97 Å². The van der Waals surface area contributed by atoms with E-state index in [1.54, 1.807) is 43.5 Å². The summed E-state index contributed by atoms with van der Waals surface area (Å²) in [5, 5.41) is 2.86. The number of rotatable bonds is 6. The molecule has 1 atom stereocenters.